The summed E-state index contributed by atoms with van der Waals surface area (Å²) in [5, 5.41) is 27.4. The lowest BCUT2D eigenvalue weighted by molar-refractivity contribution is -0.143. The van der Waals surface area contributed by atoms with Gasteiger partial charge in [0, 0.05) is 12.8 Å². The maximum absolute atomic E-state index is 11.1. The fourth-order valence-electron chi connectivity index (χ4n) is 1.01. The first-order valence-corrected chi connectivity index (χ1v) is 4.78. The normalized spacial score (nSPS) is 11.5. The van der Waals surface area contributed by atoms with Gasteiger partial charge in [-0.15, -0.1) is 0 Å². The smallest absolute Gasteiger partial charge is 0.326 e. The summed E-state index contributed by atoms with van der Waals surface area (Å²) >= 11 is 0. The third kappa shape index (κ3) is 7.77. The molecule has 0 saturated carbocycles. The van der Waals surface area contributed by atoms with Crippen LogP contribution < -0.4 is 5.32 Å². The lowest BCUT2D eigenvalue weighted by atomic mass is 10.1. The minimum absolute atomic E-state index is 0.247. The number of carbonyl (C=O) groups is 4. The van der Waals surface area contributed by atoms with Crippen LogP contribution >= 0.6 is 0 Å². The minimum atomic E-state index is -1.35. The highest BCUT2D eigenvalue weighted by Crippen LogP contribution is 1.99. The molecule has 0 fully saturated rings. The zero-order valence-corrected chi connectivity index (χ0v) is 8.88. The fourth-order valence-corrected chi connectivity index (χ4v) is 1.01. The van der Waals surface area contributed by atoms with Crippen LogP contribution in [0.5, 0.6) is 0 Å². The molecule has 96 valence electrons. The number of aliphatic carboxylic acids is 3. The first kappa shape index (κ1) is 14.9. The van der Waals surface area contributed by atoms with Gasteiger partial charge in [-0.25, -0.2) is 4.79 Å². The third-order valence-corrected chi connectivity index (χ3v) is 1.85. The largest absolute Gasteiger partial charge is 0.481 e. The van der Waals surface area contributed by atoms with Gasteiger partial charge in [0.2, 0.25) is 5.91 Å². The summed E-state index contributed by atoms with van der Waals surface area (Å²) in [4.78, 5) is 42.2. The van der Waals surface area contributed by atoms with E-state index in [1.54, 1.807) is 0 Å². The van der Waals surface area contributed by atoms with Crippen LogP contribution in [-0.4, -0.2) is 45.2 Å². The van der Waals surface area contributed by atoms with Crippen LogP contribution in [0.15, 0.2) is 0 Å². The molecule has 0 rings (SSSR count). The number of amides is 1. The second kappa shape index (κ2) is 7.20. The molecule has 0 unspecified atom stereocenters. The number of carboxylic acid groups (broad SMARTS) is 3. The number of carbonyl (C=O) groups excluding carboxylic acids is 1. The van der Waals surface area contributed by atoms with Crippen molar-refractivity contribution in [1.29, 1.82) is 0 Å². The molecule has 0 heterocycles. The molecule has 0 aromatic heterocycles. The summed E-state index contributed by atoms with van der Waals surface area (Å²) in [6.07, 6.45) is -1.39. The maximum atomic E-state index is 11.1. The Hall–Kier alpha value is -2.12. The van der Waals surface area contributed by atoms with Gasteiger partial charge in [-0.1, -0.05) is 0 Å². The summed E-state index contributed by atoms with van der Waals surface area (Å²) in [7, 11) is 0. The highest BCUT2D eigenvalue weighted by molar-refractivity contribution is 5.85. The first-order chi connectivity index (χ1) is 7.82. The predicted octanol–water partition coefficient (Wildman–Crippen LogP) is -0.715. The molecular formula is C9H13NO7. The summed E-state index contributed by atoms with van der Waals surface area (Å²) in [6, 6.07) is -1.31. The molecule has 0 bridgehead atoms. The Labute approximate surface area is 96.2 Å². The van der Waals surface area contributed by atoms with E-state index in [1.807, 2.05) is 0 Å². The van der Waals surface area contributed by atoms with E-state index in [-0.39, 0.29) is 12.8 Å². The van der Waals surface area contributed by atoms with Gasteiger partial charge < -0.3 is 20.6 Å². The Morgan fingerprint density at radius 2 is 1.41 bits per heavy atom. The van der Waals surface area contributed by atoms with Crippen molar-refractivity contribution in [3.8, 4) is 0 Å². The molecule has 0 spiro atoms. The van der Waals surface area contributed by atoms with E-state index in [1.165, 1.54) is 0 Å². The van der Waals surface area contributed by atoms with Crippen LogP contribution in [-0.2, 0) is 19.2 Å². The lowest BCUT2D eigenvalue weighted by Crippen LogP contribution is -2.41. The van der Waals surface area contributed by atoms with E-state index < -0.39 is 42.7 Å². The molecule has 0 radical (unpaired) electrons. The minimum Gasteiger partial charge on any atom is -0.481 e. The molecule has 8 nitrogen and oxygen atoms in total. The van der Waals surface area contributed by atoms with Crippen molar-refractivity contribution in [3.05, 3.63) is 0 Å². The summed E-state index contributed by atoms with van der Waals surface area (Å²) in [5.74, 6) is -4.42. The van der Waals surface area contributed by atoms with Gasteiger partial charge in [-0.2, -0.15) is 0 Å². The number of hydrogen-bond donors (Lipinski definition) is 4. The van der Waals surface area contributed by atoms with Crippen molar-refractivity contribution >= 4 is 23.8 Å². The number of rotatable bonds is 8. The molecule has 1 atom stereocenters. The fraction of sp³-hybridized carbons (Fsp3) is 0.556. The highest BCUT2D eigenvalue weighted by atomic mass is 16.4. The number of hydrogen-bond acceptors (Lipinski definition) is 4. The molecule has 0 aromatic rings. The predicted molar refractivity (Wildman–Crippen MR) is 53.3 cm³/mol. The van der Waals surface area contributed by atoms with Gasteiger partial charge in [0.25, 0.3) is 0 Å². The van der Waals surface area contributed by atoms with Gasteiger partial charge in [0.05, 0.1) is 6.42 Å². The van der Waals surface area contributed by atoms with Crippen molar-refractivity contribution < 1.29 is 34.5 Å². The molecule has 0 aromatic carbocycles. The molecule has 0 aliphatic rings. The lowest BCUT2D eigenvalue weighted by Gasteiger charge is -2.12. The van der Waals surface area contributed by atoms with E-state index >= 15 is 0 Å². The second-order valence-corrected chi connectivity index (χ2v) is 3.28. The van der Waals surface area contributed by atoms with Crippen molar-refractivity contribution in [2.75, 3.05) is 0 Å². The number of carboxylic acids is 3. The molecule has 1 amide bonds. The first-order valence-electron chi connectivity index (χ1n) is 4.78. The molecule has 0 saturated heterocycles. The zero-order chi connectivity index (χ0) is 13.4. The van der Waals surface area contributed by atoms with Crippen LogP contribution in [0.1, 0.15) is 25.7 Å². The summed E-state index contributed by atoms with van der Waals surface area (Å²) < 4.78 is 0. The van der Waals surface area contributed by atoms with Crippen molar-refractivity contribution in [2.45, 2.75) is 31.7 Å². The molecule has 0 aliphatic carbocycles. The maximum Gasteiger partial charge on any atom is 0.326 e. The Morgan fingerprint density at radius 3 is 1.82 bits per heavy atom. The van der Waals surface area contributed by atoms with Crippen molar-refractivity contribution in [2.24, 2.45) is 0 Å². The Morgan fingerprint density at radius 1 is 0.882 bits per heavy atom. The molecule has 0 aliphatic heterocycles. The standard InChI is InChI=1S/C9H13NO7/c11-6(2-4-8(14)15)10-5(9(16)17)1-3-7(12)13/h5H,1-4H2,(H,10,11)(H,12,13)(H,14,15)(H,16,17)/t5-/m0/s1. The van der Waals surface area contributed by atoms with E-state index in [0.717, 1.165) is 0 Å². The Kier molecular flexibility index (Phi) is 6.30. The quantitative estimate of drug-likeness (QED) is 0.443. The Bertz CT molecular complexity index is 325. The second-order valence-electron chi connectivity index (χ2n) is 3.28. The topological polar surface area (TPSA) is 141 Å². The van der Waals surface area contributed by atoms with Gasteiger partial charge in [0.1, 0.15) is 6.04 Å². The van der Waals surface area contributed by atoms with Crippen molar-refractivity contribution in [1.82, 2.24) is 5.32 Å². The molecular weight excluding hydrogens is 234 g/mol. The van der Waals surface area contributed by atoms with Crippen LogP contribution in [0, 0.1) is 0 Å². The zero-order valence-electron chi connectivity index (χ0n) is 8.88. The molecule has 4 N–H and O–H groups in total. The van der Waals surface area contributed by atoms with E-state index in [4.69, 9.17) is 15.3 Å². The van der Waals surface area contributed by atoms with Crippen LogP contribution in [0.4, 0.5) is 0 Å². The van der Waals surface area contributed by atoms with Crippen molar-refractivity contribution in [3.63, 3.8) is 0 Å². The van der Waals surface area contributed by atoms with Gasteiger partial charge in [-0.05, 0) is 6.42 Å². The summed E-state index contributed by atoms with van der Waals surface area (Å²) in [6.45, 7) is 0. The third-order valence-electron chi connectivity index (χ3n) is 1.85. The highest BCUT2D eigenvalue weighted by Gasteiger charge is 2.20. The molecule has 17 heavy (non-hydrogen) atoms. The van der Waals surface area contributed by atoms with E-state index in [0.29, 0.717) is 0 Å². The Balaban J connectivity index is 4.15. The van der Waals surface area contributed by atoms with Gasteiger partial charge >= 0.3 is 17.9 Å². The van der Waals surface area contributed by atoms with E-state index in [2.05, 4.69) is 5.32 Å². The average Bonchev–Trinajstić information content (AvgIpc) is 2.20. The van der Waals surface area contributed by atoms with Crippen LogP contribution in [0.3, 0.4) is 0 Å². The molecule has 8 heteroatoms. The number of nitrogens with one attached hydrogen (secondary N) is 1. The summed E-state index contributed by atoms with van der Waals surface area (Å²) in [5.41, 5.74) is 0. The van der Waals surface area contributed by atoms with Gasteiger partial charge in [0.15, 0.2) is 0 Å². The average molecular weight is 247 g/mol. The monoisotopic (exact) mass is 247 g/mol. The van der Waals surface area contributed by atoms with Gasteiger partial charge in [-0.3, -0.25) is 14.4 Å². The van der Waals surface area contributed by atoms with Crippen LogP contribution in [0.2, 0.25) is 0 Å². The SMILES string of the molecule is O=C(O)CCC(=O)N[C@@H](CCC(=O)O)C(=O)O. The van der Waals surface area contributed by atoms with E-state index in [9.17, 15) is 19.2 Å². The van der Waals surface area contributed by atoms with Crippen LogP contribution in [0.25, 0.3) is 0 Å².